The third-order valence-corrected chi connectivity index (χ3v) is 8.63. The van der Waals surface area contributed by atoms with Crippen LogP contribution < -0.4 is 14.8 Å². The van der Waals surface area contributed by atoms with Gasteiger partial charge in [0.05, 0.1) is 18.8 Å². The first-order chi connectivity index (χ1) is 16.0. The molecule has 9 heteroatoms. The van der Waals surface area contributed by atoms with Crippen molar-refractivity contribution < 1.29 is 33.1 Å². The number of rotatable bonds is 7. The highest BCUT2D eigenvalue weighted by atomic mass is 16.7. The normalized spacial score (nSPS) is 32.9. The highest BCUT2D eigenvalue weighted by molar-refractivity contribution is 6.45. The number of hydrogen-bond acceptors (Lipinski definition) is 7. The molecule has 184 valence electrons. The van der Waals surface area contributed by atoms with Crippen molar-refractivity contribution in [1.82, 2.24) is 5.32 Å². The number of benzene rings is 1. The summed E-state index contributed by atoms with van der Waals surface area (Å²) in [7, 11) is 1.09. The van der Waals surface area contributed by atoms with Gasteiger partial charge >= 0.3 is 13.1 Å². The van der Waals surface area contributed by atoms with E-state index in [0.29, 0.717) is 42.6 Å². The second kappa shape index (κ2) is 7.88. The number of hydrogen-bond donors (Lipinski definition) is 1. The summed E-state index contributed by atoms with van der Waals surface area (Å²) in [5.41, 5.74) is 0.989. The molecule has 1 N–H and O–H groups in total. The van der Waals surface area contributed by atoms with Crippen LogP contribution in [0.1, 0.15) is 69.3 Å². The minimum absolute atomic E-state index is 0.0731. The van der Waals surface area contributed by atoms with E-state index in [-0.39, 0.29) is 28.6 Å². The van der Waals surface area contributed by atoms with Gasteiger partial charge in [0.15, 0.2) is 0 Å². The molecule has 0 radical (unpaired) electrons. The number of carbonyl (C=O) groups excluding carboxylic acids is 2. The molecule has 34 heavy (non-hydrogen) atoms. The van der Waals surface area contributed by atoms with Gasteiger partial charge in [-0.15, -0.1) is 0 Å². The molecule has 2 bridgehead atoms. The maximum atomic E-state index is 12.8. The summed E-state index contributed by atoms with van der Waals surface area (Å²) < 4.78 is 30.1. The van der Waals surface area contributed by atoms with Crippen molar-refractivity contribution in [2.45, 2.75) is 77.2 Å². The first kappa shape index (κ1) is 23.5. The highest BCUT2D eigenvalue weighted by Crippen LogP contribution is 2.66. The van der Waals surface area contributed by atoms with Crippen LogP contribution in [0.4, 0.5) is 0 Å². The van der Waals surface area contributed by atoms with E-state index in [4.69, 9.17) is 23.5 Å². The average Bonchev–Trinajstić information content (AvgIpc) is 3.10. The molecule has 5 aliphatic rings. The molecule has 1 aromatic carbocycles. The van der Waals surface area contributed by atoms with Gasteiger partial charge < -0.3 is 28.8 Å². The second-order valence-electron chi connectivity index (χ2n) is 11.3. The Bertz CT molecular complexity index is 1010. The Morgan fingerprint density at radius 2 is 1.97 bits per heavy atom. The van der Waals surface area contributed by atoms with Gasteiger partial charge in [-0.2, -0.15) is 0 Å². The zero-order valence-electron chi connectivity index (χ0n) is 20.8. The second-order valence-corrected chi connectivity index (χ2v) is 11.3. The summed E-state index contributed by atoms with van der Waals surface area (Å²) in [5, 5.41) is 2.80. The lowest BCUT2D eigenvalue weighted by molar-refractivity contribution is -0.199. The molecule has 6 rings (SSSR count). The molecule has 0 spiro atoms. The number of nitrogens with one attached hydrogen (secondary N) is 1. The van der Waals surface area contributed by atoms with Gasteiger partial charge in [0, 0.05) is 26.3 Å². The summed E-state index contributed by atoms with van der Waals surface area (Å²) in [6.07, 6.45) is 3.46. The SMILES string of the molecule is COc1ccc(C(CNC=O)CB2OC3C[C@@H]4C[C@@H](C4(C)C)[C@]3(C)O2)c2c1C(=O)OC(C)(C)O2. The van der Waals surface area contributed by atoms with Gasteiger partial charge in [-0.3, -0.25) is 4.79 Å². The van der Waals surface area contributed by atoms with Gasteiger partial charge in [0.25, 0.3) is 0 Å². The Hall–Kier alpha value is -2.26. The summed E-state index contributed by atoms with van der Waals surface area (Å²) in [5.74, 6) is 0.111. The van der Waals surface area contributed by atoms with Crippen molar-refractivity contribution in [1.29, 1.82) is 0 Å². The van der Waals surface area contributed by atoms with Crippen LogP contribution in [-0.4, -0.2) is 50.6 Å². The number of cyclic esters (lactones) is 1. The lowest BCUT2D eigenvalue weighted by Gasteiger charge is -2.64. The van der Waals surface area contributed by atoms with Crippen LogP contribution in [0.5, 0.6) is 11.5 Å². The van der Waals surface area contributed by atoms with Gasteiger partial charge in [-0.1, -0.05) is 19.9 Å². The molecule has 1 saturated heterocycles. The molecule has 1 aromatic rings. The summed E-state index contributed by atoms with van der Waals surface area (Å²) in [4.78, 5) is 24.0. The van der Waals surface area contributed by atoms with Crippen LogP contribution >= 0.6 is 0 Å². The summed E-state index contributed by atoms with van der Waals surface area (Å²) in [6.45, 7) is 10.6. The van der Waals surface area contributed by atoms with Crippen molar-refractivity contribution >= 4 is 19.5 Å². The van der Waals surface area contributed by atoms with Gasteiger partial charge in [0.1, 0.15) is 17.1 Å². The molecule has 1 amide bonds. The monoisotopic (exact) mass is 471 g/mol. The Kier molecular flexibility index (Phi) is 5.44. The fourth-order valence-electron chi connectivity index (χ4n) is 6.71. The van der Waals surface area contributed by atoms with Crippen LogP contribution in [0.25, 0.3) is 0 Å². The molecule has 8 nitrogen and oxygen atoms in total. The van der Waals surface area contributed by atoms with Crippen molar-refractivity contribution in [2.75, 3.05) is 13.7 Å². The van der Waals surface area contributed by atoms with Crippen molar-refractivity contribution in [3.05, 3.63) is 23.3 Å². The number of fused-ring (bicyclic) bond motifs is 1. The minimum Gasteiger partial charge on any atom is -0.496 e. The van der Waals surface area contributed by atoms with E-state index < -0.39 is 18.9 Å². The van der Waals surface area contributed by atoms with E-state index in [0.717, 1.165) is 12.0 Å². The van der Waals surface area contributed by atoms with E-state index in [1.165, 1.54) is 13.5 Å². The molecule has 0 aromatic heterocycles. The zero-order valence-corrected chi connectivity index (χ0v) is 20.8. The Morgan fingerprint density at radius 3 is 2.65 bits per heavy atom. The number of methoxy groups -OCH3 is 1. The van der Waals surface area contributed by atoms with Crippen molar-refractivity contribution in [2.24, 2.45) is 17.3 Å². The van der Waals surface area contributed by atoms with Crippen molar-refractivity contribution in [3.63, 3.8) is 0 Å². The maximum absolute atomic E-state index is 12.8. The van der Waals surface area contributed by atoms with Crippen LogP contribution in [-0.2, 0) is 18.8 Å². The van der Waals surface area contributed by atoms with Crippen LogP contribution in [0.3, 0.4) is 0 Å². The Labute approximate surface area is 201 Å². The highest BCUT2D eigenvalue weighted by Gasteiger charge is 2.67. The number of amides is 1. The molecule has 4 fully saturated rings. The number of ether oxygens (including phenoxy) is 3. The van der Waals surface area contributed by atoms with Gasteiger partial charge in [-0.25, -0.2) is 4.79 Å². The molecular weight excluding hydrogens is 437 g/mol. The fraction of sp³-hybridized carbons (Fsp3) is 0.680. The quantitative estimate of drug-likeness (QED) is 0.370. The number of carbonyl (C=O) groups is 2. The smallest absolute Gasteiger partial charge is 0.458 e. The predicted octanol–water partition coefficient (Wildman–Crippen LogP) is 3.54. The topological polar surface area (TPSA) is 92.3 Å². The largest absolute Gasteiger partial charge is 0.496 e. The molecular formula is C25H34BNO7. The van der Waals surface area contributed by atoms with Gasteiger partial charge in [0.2, 0.25) is 12.2 Å². The summed E-state index contributed by atoms with van der Waals surface area (Å²) >= 11 is 0. The van der Waals surface area contributed by atoms with Crippen LogP contribution in [0, 0.1) is 17.3 Å². The standard InChI is InChI=1S/C25H34BNO7/c1-23(2)15-9-18(23)25(5)19(10-15)33-26(34-25)11-14(12-27-13-28)16-7-8-17(30-6)20-21(16)31-24(3,4)32-22(20)29/h7-8,13-15,18-19H,9-12H2,1-6H3,(H,27,28)/t14?,15-,18-,19?,25-/m0/s1. The van der Waals surface area contributed by atoms with E-state index in [1.54, 1.807) is 19.9 Å². The lowest BCUT2D eigenvalue weighted by atomic mass is 9.43. The first-order valence-corrected chi connectivity index (χ1v) is 12.1. The average molecular weight is 471 g/mol. The lowest BCUT2D eigenvalue weighted by Crippen LogP contribution is -2.65. The van der Waals surface area contributed by atoms with Crippen molar-refractivity contribution in [3.8, 4) is 11.5 Å². The van der Waals surface area contributed by atoms with E-state index in [2.05, 4.69) is 26.1 Å². The molecule has 3 saturated carbocycles. The molecule has 2 aliphatic heterocycles. The third kappa shape index (κ3) is 3.50. The van der Waals surface area contributed by atoms with E-state index in [1.807, 2.05) is 6.07 Å². The summed E-state index contributed by atoms with van der Waals surface area (Å²) in [6, 6.07) is 3.62. The van der Waals surface area contributed by atoms with Gasteiger partial charge in [-0.05, 0) is 55.0 Å². The molecule has 3 aliphatic carbocycles. The Morgan fingerprint density at radius 1 is 1.21 bits per heavy atom. The third-order valence-electron chi connectivity index (χ3n) is 8.63. The number of esters is 1. The first-order valence-electron chi connectivity index (χ1n) is 12.1. The minimum atomic E-state index is -1.12. The maximum Gasteiger partial charge on any atom is 0.458 e. The molecule has 2 unspecified atom stereocenters. The molecule has 5 atom stereocenters. The predicted molar refractivity (Wildman–Crippen MR) is 125 cm³/mol. The van der Waals surface area contributed by atoms with E-state index >= 15 is 0 Å². The Balaban J connectivity index is 1.45. The fourth-order valence-corrected chi connectivity index (χ4v) is 6.71. The van der Waals surface area contributed by atoms with Crippen LogP contribution in [0.15, 0.2) is 12.1 Å². The zero-order chi connectivity index (χ0) is 24.5. The van der Waals surface area contributed by atoms with E-state index in [9.17, 15) is 9.59 Å². The van der Waals surface area contributed by atoms with Crippen LogP contribution in [0.2, 0.25) is 6.32 Å². The molecule has 2 heterocycles.